The zero-order valence-corrected chi connectivity index (χ0v) is 16.0. The van der Waals surface area contributed by atoms with Crippen LogP contribution in [0.4, 0.5) is 5.69 Å². The average Bonchev–Trinajstić information content (AvgIpc) is 3.10. The number of ketones is 1. The van der Waals surface area contributed by atoms with E-state index >= 15 is 0 Å². The Morgan fingerprint density at radius 1 is 1.14 bits per heavy atom. The van der Waals surface area contributed by atoms with E-state index in [1.54, 1.807) is 6.92 Å². The highest BCUT2D eigenvalue weighted by Crippen LogP contribution is 2.30. The number of amides is 1. The van der Waals surface area contributed by atoms with E-state index in [-0.39, 0.29) is 17.5 Å². The van der Waals surface area contributed by atoms with Crippen molar-refractivity contribution < 1.29 is 14.0 Å². The number of fused-ring (bicyclic) bond motifs is 4. The van der Waals surface area contributed by atoms with Gasteiger partial charge >= 0.3 is 0 Å². The minimum atomic E-state index is -0.320. The van der Waals surface area contributed by atoms with Gasteiger partial charge in [-0.05, 0) is 44.4 Å². The molecule has 6 heteroatoms. The second-order valence-electron chi connectivity index (χ2n) is 7.78. The highest BCUT2D eigenvalue weighted by molar-refractivity contribution is 6.08. The maximum Gasteiger partial charge on any atom is 0.291 e. The van der Waals surface area contributed by atoms with Crippen LogP contribution < -0.4 is 5.32 Å². The Kier molecular flexibility index (Phi) is 4.07. The predicted octanol–water partition coefficient (Wildman–Crippen LogP) is 4.44. The van der Waals surface area contributed by atoms with Crippen LogP contribution in [0.15, 0.2) is 22.6 Å². The zero-order valence-electron chi connectivity index (χ0n) is 16.0. The molecule has 0 saturated heterocycles. The lowest BCUT2D eigenvalue weighted by molar-refractivity contribution is 0.0963. The van der Waals surface area contributed by atoms with Crippen LogP contribution in [0.5, 0.6) is 0 Å². The summed E-state index contributed by atoms with van der Waals surface area (Å²) in [4.78, 5) is 29.7. The van der Waals surface area contributed by atoms with Crippen molar-refractivity contribution in [3.05, 3.63) is 46.7 Å². The molecule has 0 saturated carbocycles. The van der Waals surface area contributed by atoms with Crippen molar-refractivity contribution in [2.24, 2.45) is 0 Å². The number of aryl methyl sites for hydroxylation is 3. The molecular formula is C22H23N3O3. The molecule has 0 bridgehead atoms. The summed E-state index contributed by atoms with van der Waals surface area (Å²) in [6, 6.07) is 5.85. The summed E-state index contributed by atoms with van der Waals surface area (Å²) < 4.78 is 8.05. The van der Waals surface area contributed by atoms with E-state index in [0.717, 1.165) is 36.2 Å². The first-order chi connectivity index (χ1) is 13.6. The molecule has 0 fully saturated rings. The van der Waals surface area contributed by atoms with Crippen LogP contribution >= 0.6 is 0 Å². The predicted molar refractivity (Wildman–Crippen MR) is 106 cm³/mol. The van der Waals surface area contributed by atoms with Gasteiger partial charge in [0.05, 0.1) is 16.6 Å². The lowest BCUT2D eigenvalue weighted by Gasteiger charge is -2.07. The number of rotatable bonds is 2. The molecule has 6 nitrogen and oxygen atoms in total. The van der Waals surface area contributed by atoms with Crippen LogP contribution in [0.25, 0.3) is 11.0 Å². The lowest BCUT2D eigenvalue weighted by atomic mass is 9.94. The number of hydrogen-bond acceptors (Lipinski definition) is 4. The minimum Gasteiger partial charge on any atom is -0.455 e. The molecule has 1 aliphatic heterocycles. The molecule has 1 aromatic carbocycles. The molecule has 3 aromatic rings. The van der Waals surface area contributed by atoms with E-state index in [2.05, 4.69) is 9.88 Å². The Morgan fingerprint density at radius 2 is 2.04 bits per heavy atom. The first kappa shape index (κ1) is 17.2. The maximum absolute atomic E-state index is 12.8. The molecule has 0 spiro atoms. The smallest absolute Gasteiger partial charge is 0.291 e. The van der Waals surface area contributed by atoms with Crippen molar-refractivity contribution in [1.82, 2.24) is 9.55 Å². The molecule has 2 aliphatic rings. The fourth-order valence-corrected chi connectivity index (χ4v) is 4.48. The SMILES string of the molecule is Cc1c(C(=O)Nc2ccc3c(c2)nc2n3CCCCC2)oc2c1C(=O)CCC2. The molecule has 0 unspecified atom stereocenters. The normalized spacial score (nSPS) is 16.5. The number of nitrogens with one attached hydrogen (secondary N) is 1. The van der Waals surface area contributed by atoms with E-state index in [1.165, 1.54) is 19.3 Å². The molecule has 1 N–H and O–H groups in total. The van der Waals surface area contributed by atoms with Gasteiger partial charge in [0.1, 0.15) is 11.6 Å². The summed E-state index contributed by atoms with van der Waals surface area (Å²) in [6.07, 6.45) is 6.61. The van der Waals surface area contributed by atoms with E-state index in [0.29, 0.717) is 35.4 Å². The van der Waals surface area contributed by atoms with E-state index in [4.69, 9.17) is 9.40 Å². The van der Waals surface area contributed by atoms with Crippen LogP contribution in [0.2, 0.25) is 0 Å². The summed E-state index contributed by atoms with van der Waals surface area (Å²) in [5.41, 5.74) is 3.95. The van der Waals surface area contributed by atoms with Crippen molar-refractivity contribution in [2.75, 3.05) is 5.32 Å². The quantitative estimate of drug-likeness (QED) is 0.716. The molecule has 2 aromatic heterocycles. The lowest BCUT2D eigenvalue weighted by Crippen LogP contribution is -2.13. The standard InChI is InChI=1S/C22H23N3O3/c1-13-20-17(26)6-5-7-18(20)28-21(13)22(27)23-14-9-10-16-15(12-14)24-19-8-3-2-4-11-25(16)19/h9-10,12H,2-8,11H2,1H3,(H,23,27). The number of hydrogen-bond donors (Lipinski definition) is 1. The Morgan fingerprint density at radius 3 is 2.89 bits per heavy atom. The highest BCUT2D eigenvalue weighted by Gasteiger charge is 2.28. The Bertz CT molecular complexity index is 1110. The molecule has 0 radical (unpaired) electrons. The number of imidazole rings is 1. The number of benzene rings is 1. The largest absolute Gasteiger partial charge is 0.455 e. The average molecular weight is 377 g/mol. The molecular weight excluding hydrogens is 354 g/mol. The van der Waals surface area contributed by atoms with Crippen molar-refractivity contribution >= 4 is 28.4 Å². The van der Waals surface area contributed by atoms with E-state index < -0.39 is 0 Å². The van der Waals surface area contributed by atoms with Gasteiger partial charge in [-0.3, -0.25) is 9.59 Å². The van der Waals surface area contributed by atoms with Gasteiger partial charge in [0.2, 0.25) is 0 Å². The molecule has 1 amide bonds. The highest BCUT2D eigenvalue weighted by atomic mass is 16.4. The number of aromatic nitrogens is 2. The summed E-state index contributed by atoms with van der Waals surface area (Å²) >= 11 is 0. The fourth-order valence-electron chi connectivity index (χ4n) is 4.48. The van der Waals surface area contributed by atoms with Gasteiger partial charge in [-0.15, -0.1) is 0 Å². The molecule has 3 heterocycles. The summed E-state index contributed by atoms with van der Waals surface area (Å²) in [5.74, 6) is 1.76. The molecule has 1 aliphatic carbocycles. The Hall–Kier alpha value is -2.89. The summed E-state index contributed by atoms with van der Waals surface area (Å²) in [6.45, 7) is 2.79. The summed E-state index contributed by atoms with van der Waals surface area (Å²) in [5, 5.41) is 2.91. The third-order valence-electron chi connectivity index (χ3n) is 5.88. The second-order valence-corrected chi connectivity index (χ2v) is 7.78. The first-order valence-corrected chi connectivity index (χ1v) is 10.1. The topological polar surface area (TPSA) is 77.1 Å². The first-order valence-electron chi connectivity index (χ1n) is 10.1. The minimum absolute atomic E-state index is 0.0717. The van der Waals surface area contributed by atoms with Crippen LogP contribution in [-0.4, -0.2) is 21.2 Å². The Balaban J connectivity index is 1.44. The van der Waals surface area contributed by atoms with Gasteiger partial charge in [0.15, 0.2) is 11.5 Å². The van der Waals surface area contributed by atoms with Crippen LogP contribution in [0.3, 0.4) is 0 Å². The van der Waals surface area contributed by atoms with Crippen molar-refractivity contribution in [2.45, 2.75) is 58.4 Å². The number of furan rings is 1. The monoisotopic (exact) mass is 377 g/mol. The van der Waals surface area contributed by atoms with Gasteiger partial charge in [-0.1, -0.05) is 6.42 Å². The van der Waals surface area contributed by atoms with Gasteiger partial charge < -0.3 is 14.3 Å². The number of anilines is 1. The van der Waals surface area contributed by atoms with Crippen LogP contribution in [0, 0.1) is 6.92 Å². The number of carbonyl (C=O) groups is 2. The van der Waals surface area contributed by atoms with E-state index in [1.807, 2.05) is 18.2 Å². The number of nitrogens with zero attached hydrogens (tertiary/aromatic N) is 2. The second kappa shape index (κ2) is 6.62. The van der Waals surface area contributed by atoms with Gasteiger partial charge in [-0.2, -0.15) is 0 Å². The molecule has 5 rings (SSSR count). The molecule has 144 valence electrons. The van der Waals surface area contributed by atoms with Gasteiger partial charge in [0, 0.05) is 37.1 Å². The Labute approximate surface area is 162 Å². The van der Waals surface area contributed by atoms with Gasteiger partial charge in [0.25, 0.3) is 5.91 Å². The van der Waals surface area contributed by atoms with Crippen LogP contribution in [0.1, 0.15) is 70.2 Å². The number of carbonyl (C=O) groups excluding carboxylic acids is 2. The fraction of sp³-hybridized carbons (Fsp3) is 0.409. The molecule has 28 heavy (non-hydrogen) atoms. The van der Waals surface area contributed by atoms with Crippen molar-refractivity contribution in [3.8, 4) is 0 Å². The third-order valence-corrected chi connectivity index (χ3v) is 5.88. The van der Waals surface area contributed by atoms with E-state index in [9.17, 15) is 9.59 Å². The van der Waals surface area contributed by atoms with Crippen molar-refractivity contribution in [1.29, 1.82) is 0 Å². The maximum atomic E-state index is 12.8. The summed E-state index contributed by atoms with van der Waals surface area (Å²) in [7, 11) is 0. The zero-order chi connectivity index (χ0) is 19.3. The van der Waals surface area contributed by atoms with Crippen molar-refractivity contribution in [3.63, 3.8) is 0 Å². The van der Waals surface area contributed by atoms with Gasteiger partial charge in [-0.25, -0.2) is 4.98 Å². The van der Waals surface area contributed by atoms with Crippen LogP contribution in [-0.2, 0) is 19.4 Å². The molecule has 0 atom stereocenters. The third kappa shape index (κ3) is 2.75. The number of Topliss-reactive ketones (excluding diaryl/α,β-unsaturated/α-hetero) is 1.